The highest BCUT2D eigenvalue weighted by Crippen LogP contribution is 2.22. The Balaban J connectivity index is 1.85. The number of carbonyl (C=O) groups excluding carboxylic acids is 2. The summed E-state index contributed by atoms with van der Waals surface area (Å²) in [6, 6.07) is 6.24. The fourth-order valence-corrected chi connectivity index (χ4v) is 3.45. The maximum atomic E-state index is 13.0. The number of nitrogens with zero attached hydrogens (tertiary/aromatic N) is 1. The minimum Gasteiger partial charge on any atom is -0.356 e. The van der Waals surface area contributed by atoms with Crippen LogP contribution >= 0.6 is 0 Å². The van der Waals surface area contributed by atoms with E-state index in [-0.39, 0.29) is 42.2 Å². The van der Waals surface area contributed by atoms with Crippen LogP contribution in [0.1, 0.15) is 58.1 Å². The summed E-state index contributed by atoms with van der Waals surface area (Å²) in [5, 5.41) is 5.97. The number of rotatable bonds is 8. The Morgan fingerprint density at radius 1 is 1.26 bits per heavy atom. The number of halogens is 1. The van der Waals surface area contributed by atoms with Gasteiger partial charge in [0.25, 0.3) is 0 Å². The molecule has 0 bridgehead atoms. The van der Waals surface area contributed by atoms with Gasteiger partial charge >= 0.3 is 0 Å². The van der Waals surface area contributed by atoms with Crippen molar-refractivity contribution >= 4 is 11.8 Å². The monoisotopic (exact) mass is 377 g/mol. The third kappa shape index (κ3) is 6.61. The average Bonchev–Trinajstić information content (AvgIpc) is 2.64. The van der Waals surface area contributed by atoms with Crippen molar-refractivity contribution < 1.29 is 14.0 Å². The molecule has 0 saturated carbocycles. The van der Waals surface area contributed by atoms with E-state index in [9.17, 15) is 14.0 Å². The molecule has 1 saturated heterocycles. The average molecular weight is 378 g/mol. The lowest BCUT2D eigenvalue weighted by Crippen LogP contribution is -2.50. The van der Waals surface area contributed by atoms with Gasteiger partial charge in [0.05, 0.1) is 18.5 Å². The molecule has 1 aromatic rings. The molecular weight excluding hydrogens is 345 g/mol. The first-order valence-corrected chi connectivity index (χ1v) is 9.97. The maximum Gasteiger partial charge on any atom is 0.234 e. The smallest absolute Gasteiger partial charge is 0.234 e. The van der Waals surface area contributed by atoms with E-state index in [4.69, 9.17) is 0 Å². The Labute approximate surface area is 161 Å². The van der Waals surface area contributed by atoms with E-state index >= 15 is 0 Å². The van der Waals surface area contributed by atoms with Crippen LogP contribution < -0.4 is 10.6 Å². The van der Waals surface area contributed by atoms with E-state index in [1.165, 1.54) is 12.1 Å². The highest BCUT2D eigenvalue weighted by molar-refractivity contribution is 5.80. The van der Waals surface area contributed by atoms with Crippen molar-refractivity contribution in [3.05, 3.63) is 35.6 Å². The van der Waals surface area contributed by atoms with Crippen LogP contribution in [0, 0.1) is 11.7 Å². The second kappa shape index (κ2) is 10.4. The van der Waals surface area contributed by atoms with Crippen molar-refractivity contribution in [1.82, 2.24) is 15.5 Å². The Kier molecular flexibility index (Phi) is 8.23. The van der Waals surface area contributed by atoms with Gasteiger partial charge in [-0.1, -0.05) is 25.5 Å². The number of benzene rings is 1. The van der Waals surface area contributed by atoms with Gasteiger partial charge in [-0.15, -0.1) is 0 Å². The molecule has 1 heterocycles. The third-order valence-electron chi connectivity index (χ3n) is 5.31. The number of hydrogen-bond acceptors (Lipinski definition) is 3. The van der Waals surface area contributed by atoms with E-state index in [0.717, 1.165) is 37.8 Å². The largest absolute Gasteiger partial charge is 0.356 e. The van der Waals surface area contributed by atoms with Crippen molar-refractivity contribution in [2.24, 2.45) is 5.92 Å². The number of nitrogens with one attached hydrogen (secondary N) is 2. The van der Waals surface area contributed by atoms with Crippen molar-refractivity contribution in [1.29, 1.82) is 0 Å². The number of unbranched alkanes of at least 4 members (excludes halogenated alkanes) is 1. The fraction of sp³-hybridized carbons (Fsp3) is 0.619. The Hall–Kier alpha value is -1.95. The zero-order valence-electron chi connectivity index (χ0n) is 16.6. The van der Waals surface area contributed by atoms with Crippen LogP contribution in [-0.2, 0) is 9.59 Å². The number of hydrogen-bond donors (Lipinski definition) is 2. The quantitative estimate of drug-likeness (QED) is 0.685. The lowest BCUT2D eigenvalue weighted by Gasteiger charge is -2.37. The molecule has 6 heteroatoms. The Bertz CT molecular complexity index is 620. The topological polar surface area (TPSA) is 61.4 Å². The van der Waals surface area contributed by atoms with E-state index in [0.29, 0.717) is 6.54 Å². The summed E-state index contributed by atoms with van der Waals surface area (Å²) < 4.78 is 13.0. The molecule has 0 aromatic heterocycles. The second-order valence-electron chi connectivity index (χ2n) is 7.54. The normalized spacial score (nSPS) is 21.5. The Morgan fingerprint density at radius 3 is 2.63 bits per heavy atom. The summed E-state index contributed by atoms with van der Waals surface area (Å²) >= 11 is 0. The molecule has 0 aliphatic carbocycles. The molecule has 0 radical (unpaired) electrons. The molecule has 1 fully saturated rings. The lowest BCUT2D eigenvalue weighted by atomic mass is 9.92. The van der Waals surface area contributed by atoms with Crippen LogP contribution in [0.15, 0.2) is 24.3 Å². The van der Waals surface area contributed by atoms with Crippen LogP contribution in [0.5, 0.6) is 0 Å². The zero-order valence-corrected chi connectivity index (χ0v) is 16.6. The summed E-state index contributed by atoms with van der Waals surface area (Å²) in [5.41, 5.74) is 0.865. The van der Waals surface area contributed by atoms with Crippen molar-refractivity contribution in [3.63, 3.8) is 0 Å². The predicted octanol–water partition coefficient (Wildman–Crippen LogP) is 3.02. The first-order chi connectivity index (χ1) is 12.9. The van der Waals surface area contributed by atoms with E-state index in [2.05, 4.69) is 29.4 Å². The van der Waals surface area contributed by atoms with Gasteiger partial charge in [-0.25, -0.2) is 4.39 Å². The minimum atomic E-state index is -0.289. The highest BCUT2D eigenvalue weighted by atomic mass is 19.1. The first kappa shape index (κ1) is 21.4. The summed E-state index contributed by atoms with van der Waals surface area (Å²) in [6.45, 7) is 7.68. The third-order valence-corrected chi connectivity index (χ3v) is 5.31. The van der Waals surface area contributed by atoms with Gasteiger partial charge in [-0.05, 0) is 50.8 Å². The zero-order chi connectivity index (χ0) is 19.8. The van der Waals surface area contributed by atoms with Gasteiger partial charge in [0.15, 0.2) is 0 Å². The van der Waals surface area contributed by atoms with Crippen LogP contribution in [0.4, 0.5) is 4.39 Å². The molecule has 3 atom stereocenters. The SMILES string of the molecule is CCCCNC(=O)[C@@H]1CC[C@@H](C)N(CC(=O)N[C@@H](C)c2ccc(F)cc2)C1. The van der Waals surface area contributed by atoms with Crippen LogP contribution in [0.25, 0.3) is 0 Å². The summed E-state index contributed by atoms with van der Waals surface area (Å²) in [7, 11) is 0. The summed E-state index contributed by atoms with van der Waals surface area (Å²) in [4.78, 5) is 26.9. The van der Waals surface area contributed by atoms with Crippen molar-refractivity contribution in [3.8, 4) is 0 Å². The van der Waals surface area contributed by atoms with Crippen molar-refractivity contribution in [2.45, 2.75) is 58.5 Å². The van der Waals surface area contributed by atoms with Gasteiger partial charge in [0.1, 0.15) is 5.82 Å². The molecule has 0 unspecified atom stereocenters. The molecule has 2 rings (SSSR count). The van der Waals surface area contributed by atoms with Gasteiger partial charge in [0, 0.05) is 19.1 Å². The van der Waals surface area contributed by atoms with E-state index in [1.807, 2.05) is 6.92 Å². The lowest BCUT2D eigenvalue weighted by molar-refractivity contribution is -0.130. The van der Waals surface area contributed by atoms with E-state index in [1.54, 1.807) is 12.1 Å². The van der Waals surface area contributed by atoms with Crippen LogP contribution in [0.2, 0.25) is 0 Å². The molecule has 1 aliphatic rings. The van der Waals surface area contributed by atoms with Gasteiger partial charge in [-0.3, -0.25) is 14.5 Å². The maximum absolute atomic E-state index is 13.0. The highest BCUT2D eigenvalue weighted by Gasteiger charge is 2.30. The number of piperidine rings is 1. The molecule has 2 N–H and O–H groups in total. The molecule has 0 spiro atoms. The predicted molar refractivity (Wildman–Crippen MR) is 105 cm³/mol. The molecule has 27 heavy (non-hydrogen) atoms. The van der Waals surface area contributed by atoms with Crippen molar-refractivity contribution in [2.75, 3.05) is 19.6 Å². The van der Waals surface area contributed by atoms with Gasteiger partial charge in [-0.2, -0.15) is 0 Å². The number of amides is 2. The summed E-state index contributed by atoms with van der Waals surface area (Å²) in [5.74, 6) is -0.325. The Morgan fingerprint density at radius 2 is 1.96 bits per heavy atom. The van der Waals surface area contributed by atoms with Crippen LogP contribution in [0.3, 0.4) is 0 Å². The molecule has 2 amide bonds. The van der Waals surface area contributed by atoms with Crippen LogP contribution in [-0.4, -0.2) is 42.4 Å². The summed E-state index contributed by atoms with van der Waals surface area (Å²) in [6.07, 6.45) is 3.82. The standard InChI is InChI=1S/C21H32FN3O2/c1-4-5-12-23-21(27)18-7-6-15(2)25(13-18)14-20(26)24-16(3)17-8-10-19(22)11-9-17/h8-11,15-16,18H,4-7,12-14H2,1-3H3,(H,23,27)(H,24,26)/t15-,16+,18-/m1/s1. The number of likely N-dealkylation sites (tertiary alicyclic amines) is 1. The molecule has 5 nitrogen and oxygen atoms in total. The first-order valence-electron chi connectivity index (χ1n) is 9.97. The molecule has 1 aromatic carbocycles. The van der Waals surface area contributed by atoms with Gasteiger partial charge in [0.2, 0.25) is 11.8 Å². The number of carbonyl (C=O) groups is 2. The molecular formula is C21H32FN3O2. The minimum absolute atomic E-state index is 0.0552. The van der Waals surface area contributed by atoms with E-state index < -0.39 is 0 Å². The molecule has 150 valence electrons. The van der Waals surface area contributed by atoms with Gasteiger partial charge < -0.3 is 10.6 Å². The fourth-order valence-electron chi connectivity index (χ4n) is 3.45. The molecule has 1 aliphatic heterocycles. The second-order valence-corrected chi connectivity index (χ2v) is 7.54.